The molecule has 1 heterocycles. The molecule has 1 aromatic heterocycles. The van der Waals surface area contributed by atoms with Gasteiger partial charge in [0.15, 0.2) is 0 Å². The summed E-state index contributed by atoms with van der Waals surface area (Å²) in [7, 11) is 0. The van der Waals surface area contributed by atoms with E-state index < -0.39 is 0 Å². The molecule has 0 radical (unpaired) electrons. The van der Waals surface area contributed by atoms with Crippen molar-refractivity contribution < 1.29 is 0 Å². The summed E-state index contributed by atoms with van der Waals surface area (Å²) in [6.07, 6.45) is 8.05. The lowest BCUT2D eigenvalue weighted by molar-refractivity contribution is 0.590. The van der Waals surface area contributed by atoms with Crippen molar-refractivity contribution in [3.05, 3.63) is 42.2 Å². The van der Waals surface area contributed by atoms with Gasteiger partial charge in [0.25, 0.3) is 0 Å². The van der Waals surface area contributed by atoms with Gasteiger partial charge in [0.05, 0.1) is 11.0 Å². The van der Waals surface area contributed by atoms with Gasteiger partial charge in [-0.15, -0.1) is 0 Å². The maximum atomic E-state index is 4.65. The Balaban J connectivity index is 2.00. The topological polar surface area (TPSA) is 28.7 Å². The molecule has 1 aliphatic rings. The molecule has 0 spiro atoms. The number of fused-ring (bicyclic) bond motifs is 1. The van der Waals surface area contributed by atoms with E-state index in [0.29, 0.717) is 5.92 Å². The first-order valence-electron chi connectivity index (χ1n) is 5.53. The van der Waals surface area contributed by atoms with Crippen molar-refractivity contribution >= 4 is 11.0 Å². The molecule has 15 heavy (non-hydrogen) atoms. The molecule has 2 aromatic rings. The molecule has 2 nitrogen and oxygen atoms in total. The van der Waals surface area contributed by atoms with Gasteiger partial charge in [0.2, 0.25) is 0 Å². The van der Waals surface area contributed by atoms with Crippen molar-refractivity contribution in [2.75, 3.05) is 0 Å². The fraction of sp³-hybridized carbons (Fsp3) is 0.308. The summed E-state index contributed by atoms with van der Waals surface area (Å²) >= 11 is 0. The lowest BCUT2D eigenvalue weighted by atomic mass is 9.94. The SMILES string of the molecule is C1=CC[C@H](c2nc3ccccc3[nH]2)CC1. The van der Waals surface area contributed by atoms with Crippen LogP contribution in [-0.4, -0.2) is 9.97 Å². The Morgan fingerprint density at radius 1 is 1.20 bits per heavy atom. The van der Waals surface area contributed by atoms with Crippen LogP contribution in [0.3, 0.4) is 0 Å². The van der Waals surface area contributed by atoms with E-state index in [9.17, 15) is 0 Å². The van der Waals surface area contributed by atoms with Gasteiger partial charge in [-0.2, -0.15) is 0 Å². The second kappa shape index (κ2) is 3.54. The number of nitrogens with one attached hydrogen (secondary N) is 1. The monoisotopic (exact) mass is 198 g/mol. The van der Waals surface area contributed by atoms with Crippen molar-refractivity contribution in [1.82, 2.24) is 9.97 Å². The second-order valence-corrected chi connectivity index (χ2v) is 4.12. The average molecular weight is 198 g/mol. The molecule has 1 aromatic carbocycles. The number of hydrogen-bond acceptors (Lipinski definition) is 1. The first-order valence-corrected chi connectivity index (χ1v) is 5.53. The highest BCUT2D eigenvalue weighted by Crippen LogP contribution is 2.28. The van der Waals surface area contributed by atoms with Gasteiger partial charge in [-0.1, -0.05) is 24.3 Å². The summed E-state index contributed by atoms with van der Waals surface area (Å²) in [5, 5.41) is 0. The van der Waals surface area contributed by atoms with Gasteiger partial charge in [0, 0.05) is 5.92 Å². The smallest absolute Gasteiger partial charge is 0.110 e. The number of benzene rings is 1. The van der Waals surface area contributed by atoms with Crippen LogP contribution in [0.5, 0.6) is 0 Å². The molecule has 0 aliphatic heterocycles. The molecule has 0 saturated carbocycles. The Labute approximate surface area is 89.0 Å². The van der Waals surface area contributed by atoms with E-state index in [4.69, 9.17) is 0 Å². The zero-order valence-corrected chi connectivity index (χ0v) is 8.61. The van der Waals surface area contributed by atoms with Crippen molar-refractivity contribution in [3.63, 3.8) is 0 Å². The predicted octanol–water partition coefficient (Wildman–Crippen LogP) is 3.39. The molecular formula is C13H14N2. The van der Waals surface area contributed by atoms with Crippen LogP contribution in [0.25, 0.3) is 11.0 Å². The number of allylic oxidation sites excluding steroid dienone is 2. The van der Waals surface area contributed by atoms with E-state index in [1.165, 1.54) is 12.8 Å². The van der Waals surface area contributed by atoms with Crippen LogP contribution in [0, 0.1) is 0 Å². The quantitative estimate of drug-likeness (QED) is 0.699. The number of H-pyrrole nitrogens is 1. The van der Waals surface area contributed by atoms with Crippen molar-refractivity contribution in [1.29, 1.82) is 0 Å². The van der Waals surface area contributed by atoms with Crippen LogP contribution in [0.2, 0.25) is 0 Å². The standard InChI is InChI=1S/C13H14N2/c1-2-6-10(7-3-1)13-14-11-8-4-5-9-12(11)15-13/h1-2,4-5,8-10H,3,6-7H2,(H,14,15)/t10-/m0/s1. The third-order valence-corrected chi connectivity index (χ3v) is 3.06. The molecule has 1 atom stereocenters. The second-order valence-electron chi connectivity index (χ2n) is 4.12. The van der Waals surface area contributed by atoms with Gasteiger partial charge >= 0.3 is 0 Å². The summed E-state index contributed by atoms with van der Waals surface area (Å²) in [6, 6.07) is 8.23. The Bertz CT molecular complexity index is 463. The van der Waals surface area contributed by atoms with E-state index in [2.05, 4.69) is 34.3 Å². The van der Waals surface area contributed by atoms with E-state index in [1.807, 2.05) is 12.1 Å². The third-order valence-electron chi connectivity index (χ3n) is 3.06. The predicted molar refractivity (Wildman–Crippen MR) is 61.8 cm³/mol. The van der Waals surface area contributed by atoms with E-state index in [1.54, 1.807) is 0 Å². The summed E-state index contributed by atoms with van der Waals surface area (Å²) in [5.41, 5.74) is 2.24. The third kappa shape index (κ3) is 1.56. The van der Waals surface area contributed by atoms with Gasteiger partial charge in [-0.25, -0.2) is 4.98 Å². The van der Waals surface area contributed by atoms with Crippen molar-refractivity contribution in [3.8, 4) is 0 Å². The molecule has 0 amide bonds. The molecule has 2 heteroatoms. The summed E-state index contributed by atoms with van der Waals surface area (Å²) in [5.74, 6) is 1.74. The van der Waals surface area contributed by atoms with Gasteiger partial charge in [-0.3, -0.25) is 0 Å². The van der Waals surface area contributed by atoms with Gasteiger partial charge in [-0.05, 0) is 31.4 Å². The van der Waals surface area contributed by atoms with Crippen LogP contribution < -0.4 is 0 Å². The molecule has 0 bridgehead atoms. The van der Waals surface area contributed by atoms with Crippen LogP contribution in [0.1, 0.15) is 31.0 Å². The molecule has 1 N–H and O–H groups in total. The Kier molecular flexibility index (Phi) is 2.05. The number of nitrogens with zero attached hydrogens (tertiary/aromatic N) is 1. The fourth-order valence-corrected chi connectivity index (χ4v) is 2.21. The van der Waals surface area contributed by atoms with Crippen molar-refractivity contribution in [2.45, 2.75) is 25.2 Å². The largest absolute Gasteiger partial charge is 0.342 e. The minimum absolute atomic E-state index is 0.586. The first kappa shape index (κ1) is 8.72. The van der Waals surface area contributed by atoms with Crippen LogP contribution in [0.4, 0.5) is 0 Å². The zero-order valence-electron chi connectivity index (χ0n) is 8.61. The minimum Gasteiger partial charge on any atom is -0.342 e. The highest BCUT2D eigenvalue weighted by molar-refractivity contribution is 5.74. The molecular weight excluding hydrogens is 184 g/mol. The molecule has 76 valence electrons. The van der Waals surface area contributed by atoms with E-state index >= 15 is 0 Å². The number of aromatic nitrogens is 2. The molecule has 0 fully saturated rings. The normalized spacial score (nSPS) is 20.9. The highest BCUT2D eigenvalue weighted by Gasteiger charge is 2.15. The number of para-hydroxylation sites is 2. The average Bonchev–Trinajstić information content (AvgIpc) is 2.74. The summed E-state index contributed by atoms with van der Waals surface area (Å²) < 4.78 is 0. The Morgan fingerprint density at radius 3 is 2.93 bits per heavy atom. The molecule has 1 aliphatic carbocycles. The van der Waals surface area contributed by atoms with Gasteiger partial charge < -0.3 is 4.98 Å². The fourth-order valence-electron chi connectivity index (χ4n) is 2.21. The maximum Gasteiger partial charge on any atom is 0.110 e. The first-order chi connectivity index (χ1) is 7.43. The Hall–Kier alpha value is -1.57. The lowest BCUT2D eigenvalue weighted by Gasteiger charge is -2.14. The number of aromatic amines is 1. The summed E-state index contributed by atoms with van der Waals surface area (Å²) in [4.78, 5) is 8.07. The summed E-state index contributed by atoms with van der Waals surface area (Å²) in [6.45, 7) is 0. The number of imidazole rings is 1. The molecule has 0 unspecified atom stereocenters. The van der Waals surface area contributed by atoms with E-state index in [0.717, 1.165) is 23.3 Å². The van der Waals surface area contributed by atoms with Crippen LogP contribution in [0.15, 0.2) is 36.4 Å². The van der Waals surface area contributed by atoms with Crippen LogP contribution in [-0.2, 0) is 0 Å². The van der Waals surface area contributed by atoms with Crippen molar-refractivity contribution in [2.24, 2.45) is 0 Å². The lowest BCUT2D eigenvalue weighted by Crippen LogP contribution is -2.02. The Morgan fingerprint density at radius 2 is 2.13 bits per heavy atom. The maximum absolute atomic E-state index is 4.65. The minimum atomic E-state index is 0.586. The molecule has 0 saturated heterocycles. The van der Waals surface area contributed by atoms with E-state index in [-0.39, 0.29) is 0 Å². The van der Waals surface area contributed by atoms with Crippen LogP contribution >= 0.6 is 0 Å². The highest BCUT2D eigenvalue weighted by atomic mass is 14.9. The van der Waals surface area contributed by atoms with Gasteiger partial charge in [0.1, 0.15) is 5.82 Å². The molecule has 3 rings (SSSR count). The zero-order chi connectivity index (χ0) is 10.1. The number of hydrogen-bond donors (Lipinski definition) is 1. The number of rotatable bonds is 1.